The van der Waals surface area contributed by atoms with Gasteiger partial charge in [-0.3, -0.25) is 0 Å². The fourth-order valence-electron chi connectivity index (χ4n) is 1.58. The molecule has 0 aromatic heterocycles. The molecular weight excluding hydrogens is 252 g/mol. The van der Waals surface area contributed by atoms with Gasteiger partial charge in [-0.1, -0.05) is 24.6 Å². The third-order valence-electron chi connectivity index (χ3n) is 2.57. The molecule has 0 radical (unpaired) electrons. The fraction of sp³-hybridized carbons (Fsp3) is 0.462. The monoisotopic (exact) mass is 270 g/mol. The van der Waals surface area contributed by atoms with Crippen LogP contribution in [0.4, 0.5) is 10.5 Å². The smallest absolute Gasteiger partial charge is 0.321 e. The van der Waals surface area contributed by atoms with E-state index in [1.54, 1.807) is 11.0 Å². The Morgan fingerprint density at radius 2 is 2.17 bits per heavy atom. The first kappa shape index (κ1) is 14.8. The van der Waals surface area contributed by atoms with Gasteiger partial charge in [0.1, 0.15) is 0 Å². The van der Waals surface area contributed by atoms with Gasteiger partial charge in [-0.05, 0) is 31.0 Å². The molecule has 0 aliphatic rings. The summed E-state index contributed by atoms with van der Waals surface area (Å²) in [5.74, 6) is 0. The van der Waals surface area contributed by atoms with E-state index in [0.29, 0.717) is 23.8 Å². The Morgan fingerprint density at radius 1 is 1.44 bits per heavy atom. The van der Waals surface area contributed by atoms with Gasteiger partial charge in [-0.2, -0.15) is 0 Å². The first-order chi connectivity index (χ1) is 8.58. The summed E-state index contributed by atoms with van der Waals surface area (Å²) in [4.78, 5) is 13.5. The highest BCUT2D eigenvalue weighted by atomic mass is 35.5. The Kier molecular flexibility index (Phi) is 5.95. The van der Waals surface area contributed by atoms with E-state index in [1.807, 2.05) is 26.0 Å². The highest BCUT2D eigenvalue weighted by Crippen LogP contribution is 2.20. The maximum Gasteiger partial charge on any atom is 0.321 e. The molecule has 1 aromatic rings. The second kappa shape index (κ2) is 7.24. The van der Waals surface area contributed by atoms with Gasteiger partial charge in [0.2, 0.25) is 0 Å². The lowest BCUT2D eigenvalue weighted by molar-refractivity contribution is 0.188. The molecule has 1 rings (SSSR count). The lowest BCUT2D eigenvalue weighted by atomic mass is 10.2. The van der Waals surface area contributed by atoms with Crippen LogP contribution in [0.1, 0.15) is 18.9 Å². The minimum Gasteiger partial charge on any atom is -0.395 e. The summed E-state index contributed by atoms with van der Waals surface area (Å²) in [6, 6.07) is 5.17. The number of carbonyl (C=O) groups is 1. The molecule has 100 valence electrons. The molecule has 1 aromatic carbocycles. The molecule has 0 unspecified atom stereocenters. The Hall–Kier alpha value is -1.26. The van der Waals surface area contributed by atoms with Crippen LogP contribution >= 0.6 is 11.6 Å². The Morgan fingerprint density at radius 3 is 2.72 bits per heavy atom. The number of carbonyl (C=O) groups excluding carboxylic acids is 1. The van der Waals surface area contributed by atoms with Crippen molar-refractivity contribution in [2.45, 2.75) is 20.3 Å². The number of rotatable bonds is 5. The number of aliphatic hydroxyl groups is 1. The molecule has 18 heavy (non-hydrogen) atoms. The third kappa shape index (κ3) is 4.20. The van der Waals surface area contributed by atoms with E-state index in [1.165, 1.54) is 0 Å². The minimum absolute atomic E-state index is 0.0396. The number of anilines is 1. The van der Waals surface area contributed by atoms with Gasteiger partial charge in [-0.25, -0.2) is 4.79 Å². The number of aliphatic hydroxyl groups excluding tert-OH is 1. The standard InChI is InChI=1S/C13H19ClN2O2/c1-3-6-16(7-8-17)13(18)15-11-5-4-10(2)12(14)9-11/h4-5,9,17H,3,6-8H2,1-2H3,(H,15,18). The summed E-state index contributed by atoms with van der Waals surface area (Å²) in [5, 5.41) is 12.3. The van der Waals surface area contributed by atoms with Crippen molar-refractivity contribution < 1.29 is 9.90 Å². The predicted molar refractivity (Wildman–Crippen MR) is 74.2 cm³/mol. The summed E-state index contributed by atoms with van der Waals surface area (Å²) in [5.41, 5.74) is 1.63. The lowest BCUT2D eigenvalue weighted by Gasteiger charge is -2.21. The van der Waals surface area contributed by atoms with Crippen molar-refractivity contribution in [2.75, 3.05) is 25.0 Å². The van der Waals surface area contributed by atoms with E-state index >= 15 is 0 Å². The molecule has 0 aliphatic carbocycles. The van der Waals surface area contributed by atoms with Crippen molar-refractivity contribution in [3.8, 4) is 0 Å². The average molecular weight is 271 g/mol. The molecule has 5 heteroatoms. The zero-order valence-corrected chi connectivity index (χ0v) is 11.5. The van der Waals surface area contributed by atoms with E-state index < -0.39 is 0 Å². The zero-order valence-electron chi connectivity index (χ0n) is 10.7. The van der Waals surface area contributed by atoms with E-state index in [-0.39, 0.29) is 12.6 Å². The quantitative estimate of drug-likeness (QED) is 0.864. The largest absolute Gasteiger partial charge is 0.395 e. The van der Waals surface area contributed by atoms with Crippen molar-refractivity contribution in [3.05, 3.63) is 28.8 Å². The van der Waals surface area contributed by atoms with Gasteiger partial charge in [0.25, 0.3) is 0 Å². The van der Waals surface area contributed by atoms with E-state index in [9.17, 15) is 4.79 Å². The number of nitrogens with zero attached hydrogens (tertiary/aromatic N) is 1. The Balaban J connectivity index is 2.69. The molecule has 0 fully saturated rings. The molecule has 0 aliphatic heterocycles. The van der Waals surface area contributed by atoms with E-state index in [0.717, 1.165) is 12.0 Å². The summed E-state index contributed by atoms with van der Waals surface area (Å²) in [7, 11) is 0. The highest BCUT2D eigenvalue weighted by molar-refractivity contribution is 6.31. The van der Waals surface area contributed by atoms with Crippen LogP contribution in [0.2, 0.25) is 5.02 Å². The lowest BCUT2D eigenvalue weighted by Crippen LogP contribution is -2.37. The molecule has 0 atom stereocenters. The van der Waals surface area contributed by atoms with Crippen molar-refractivity contribution in [2.24, 2.45) is 0 Å². The molecule has 4 nitrogen and oxygen atoms in total. The van der Waals surface area contributed by atoms with Gasteiger partial charge in [0, 0.05) is 23.8 Å². The SMILES string of the molecule is CCCN(CCO)C(=O)Nc1ccc(C)c(Cl)c1. The fourth-order valence-corrected chi connectivity index (χ4v) is 1.76. The second-order valence-electron chi connectivity index (χ2n) is 4.10. The van der Waals surface area contributed by atoms with Crippen LogP contribution in [0.5, 0.6) is 0 Å². The summed E-state index contributed by atoms with van der Waals surface area (Å²) >= 11 is 5.99. The maximum atomic E-state index is 11.9. The molecular formula is C13H19ClN2O2. The van der Waals surface area contributed by atoms with Crippen molar-refractivity contribution >= 4 is 23.3 Å². The molecule has 2 amide bonds. The van der Waals surface area contributed by atoms with Crippen LogP contribution in [-0.4, -0.2) is 35.7 Å². The van der Waals surface area contributed by atoms with Gasteiger partial charge in [-0.15, -0.1) is 0 Å². The van der Waals surface area contributed by atoms with E-state index in [2.05, 4.69) is 5.32 Å². The van der Waals surface area contributed by atoms with Crippen LogP contribution in [0.3, 0.4) is 0 Å². The molecule has 2 N–H and O–H groups in total. The first-order valence-corrected chi connectivity index (χ1v) is 6.39. The van der Waals surface area contributed by atoms with Crippen molar-refractivity contribution in [3.63, 3.8) is 0 Å². The number of aryl methyl sites for hydroxylation is 1. The van der Waals surface area contributed by atoms with Crippen LogP contribution in [0, 0.1) is 6.92 Å². The molecule has 0 spiro atoms. The number of benzene rings is 1. The minimum atomic E-state index is -0.217. The van der Waals surface area contributed by atoms with Gasteiger partial charge >= 0.3 is 6.03 Å². The first-order valence-electron chi connectivity index (χ1n) is 6.01. The number of amides is 2. The number of nitrogens with one attached hydrogen (secondary N) is 1. The predicted octanol–water partition coefficient (Wildman–Crippen LogP) is 2.88. The van der Waals surface area contributed by atoms with Crippen molar-refractivity contribution in [1.82, 2.24) is 4.90 Å². The topological polar surface area (TPSA) is 52.6 Å². The second-order valence-corrected chi connectivity index (χ2v) is 4.51. The number of urea groups is 1. The van der Waals surface area contributed by atoms with Crippen LogP contribution in [-0.2, 0) is 0 Å². The van der Waals surface area contributed by atoms with Gasteiger partial charge in [0.15, 0.2) is 0 Å². The molecule has 0 heterocycles. The number of hydrogen-bond donors (Lipinski definition) is 2. The number of hydrogen-bond acceptors (Lipinski definition) is 2. The normalized spacial score (nSPS) is 10.2. The highest BCUT2D eigenvalue weighted by Gasteiger charge is 2.12. The average Bonchev–Trinajstić information content (AvgIpc) is 2.33. The van der Waals surface area contributed by atoms with Crippen molar-refractivity contribution in [1.29, 1.82) is 0 Å². The van der Waals surface area contributed by atoms with Gasteiger partial charge in [0.05, 0.1) is 6.61 Å². The van der Waals surface area contributed by atoms with Crippen LogP contribution in [0.25, 0.3) is 0 Å². The Labute approximate surface area is 113 Å². The number of halogens is 1. The van der Waals surface area contributed by atoms with Gasteiger partial charge < -0.3 is 15.3 Å². The molecule has 0 bridgehead atoms. The van der Waals surface area contributed by atoms with E-state index in [4.69, 9.17) is 16.7 Å². The third-order valence-corrected chi connectivity index (χ3v) is 2.98. The summed E-state index contributed by atoms with van der Waals surface area (Å²) in [6.45, 7) is 4.80. The summed E-state index contributed by atoms with van der Waals surface area (Å²) < 4.78 is 0. The molecule has 0 saturated carbocycles. The zero-order chi connectivity index (χ0) is 13.5. The summed E-state index contributed by atoms with van der Waals surface area (Å²) in [6.07, 6.45) is 0.849. The van der Waals surface area contributed by atoms with Crippen LogP contribution < -0.4 is 5.32 Å². The maximum absolute atomic E-state index is 11.9. The Bertz CT molecular complexity index is 404. The van der Waals surface area contributed by atoms with Crippen LogP contribution in [0.15, 0.2) is 18.2 Å². The molecule has 0 saturated heterocycles.